The van der Waals surface area contributed by atoms with Gasteiger partial charge < -0.3 is 11.5 Å². The van der Waals surface area contributed by atoms with Crippen molar-refractivity contribution >= 4 is 5.78 Å². The quantitative estimate of drug-likeness (QED) is 0.787. The lowest BCUT2D eigenvalue weighted by Crippen LogP contribution is -2.07. The van der Waals surface area contributed by atoms with Crippen molar-refractivity contribution in [3.8, 4) is 0 Å². The average molecular weight is 296 g/mol. The number of Topliss-reactive ketones (excluding diaryl/α,β-unsaturated/α-hetero) is 1. The second-order valence-electron chi connectivity index (χ2n) is 5.48. The third kappa shape index (κ3) is 4.52. The van der Waals surface area contributed by atoms with E-state index in [1.54, 1.807) is 0 Å². The summed E-state index contributed by atoms with van der Waals surface area (Å²) in [6.45, 7) is 1.04. The van der Waals surface area contributed by atoms with Gasteiger partial charge in [0.15, 0.2) is 0 Å². The summed E-state index contributed by atoms with van der Waals surface area (Å²) in [5, 5.41) is 0. The predicted octanol–water partition coefficient (Wildman–Crippen LogP) is 2.74. The third-order valence-electron chi connectivity index (χ3n) is 4.02. The van der Waals surface area contributed by atoms with Gasteiger partial charge in [-0.3, -0.25) is 4.79 Å². The van der Waals surface area contributed by atoms with Gasteiger partial charge in [-0.2, -0.15) is 0 Å². The van der Waals surface area contributed by atoms with Crippen LogP contribution in [0.15, 0.2) is 48.5 Å². The molecule has 3 heteroatoms. The Balaban J connectivity index is 1.86. The van der Waals surface area contributed by atoms with E-state index in [0.717, 1.165) is 24.0 Å². The van der Waals surface area contributed by atoms with E-state index in [2.05, 4.69) is 12.1 Å². The van der Waals surface area contributed by atoms with E-state index in [1.165, 1.54) is 11.1 Å². The maximum Gasteiger partial charge on any atom is 0.133 e. The molecule has 2 aromatic rings. The molecule has 0 saturated heterocycles. The van der Waals surface area contributed by atoms with Crippen molar-refractivity contribution < 1.29 is 4.79 Å². The molecule has 0 aliphatic rings. The Labute approximate surface area is 132 Å². The van der Waals surface area contributed by atoms with Crippen LogP contribution in [0.5, 0.6) is 0 Å². The molecule has 116 valence electrons. The van der Waals surface area contributed by atoms with E-state index >= 15 is 0 Å². The molecule has 2 rings (SSSR count). The van der Waals surface area contributed by atoms with Gasteiger partial charge in [0.1, 0.15) is 5.78 Å². The standard InChI is InChI=1S/C19H24N2O/c20-13-17-7-3-1-5-15(17)9-11-19(22)12-10-16-6-2-4-8-18(16)14-21/h1-8H,9-14,20-21H2. The van der Waals surface area contributed by atoms with E-state index in [1.807, 2.05) is 36.4 Å². The molecule has 0 unspecified atom stereocenters. The van der Waals surface area contributed by atoms with Crippen molar-refractivity contribution in [3.05, 3.63) is 70.8 Å². The molecule has 0 aliphatic heterocycles. The molecule has 0 heterocycles. The second-order valence-corrected chi connectivity index (χ2v) is 5.48. The van der Waals surface area contributed by atoms with E-state index in [0.29, 0.717) is 31.7 Å². The van der Waals surface area contributed by atoms with Crippen molar-refractivity contribution in [1.82, 2.24) is 0 Å². The summed E-state index contributed by atoms with van der Waals surface area (Å²) in [5.74, 6) is 0.290. The number of nitrogens with two attached hydrogens (primary N) is 2. The number of hydrogen-bond donors (Lipinski definition) is 2. The molecule has 4 N–H and O–H groups in total. The van der Waals surface area contributed by atoms with Crippen LogP contribution in [0.1, 0.15) is 35.1 Å². The first-order chi connectivity index (χ1) is 10.7. The lowest BCUT2D eigenvalue weighted by atomic mass is 9.97. The Morgan fingerprint density at radius 2 is 1.05 bits per heavy atom. The summed E-state index contributed by atoms with van der Waals surface area (Å²) in [5.41, 5.74) is 16.1. The zero-order valence-electron chi connectivity index (χ0n) is 12.9. The van der Waals surface area contributed by atoms with Crippen LogP contribution >= 0.6 is 0 Å². The molecule has 0 spiro atoms. The summed E-state index contributed by atoms with van der Waals surface area (Å²) in [6, 6.07) is 16.1. The molecular weight excluding hydrogens is 272 g/mol. The minimum absolute atomic E-state index is 0.290. The van der Waals surface area contributed by atoms with Crippen LogP contribution < -0.4 is 11.5 Å². The van der Waals surface area contributed by atoms with E-state index in [4.69, 9.17) is 11.5 Å². The maximum atomic E-state index is 12.1. The molecule has 0 radical (unpaired) electrons. The summed E-state index contributed by atoms with van der Waals surface area (Å²) in [6.07, 6.45) is 2.68. The molecule has 0 aliphatic carbocycles. The molecule has 0 saturated carbocycles. The van der Waals surface area contributed by atoms with Crippen molar-refractivity contribution in [2.45, 2.75) is 38.8 Å². The summed E-state index contributed by atoms with van der Waals surface area (Å²) in [4.78, 5) is 12.1. The number of ketones is 1. The van der Waals surface area contributed by atoms with Gasteiger partial charge in [0.2, 0.25) is 0 Å². The minimum atomic E-state index is 0.290. The summed E-state index contributed by atoms with van der Waals surface area (Å²) < 4.78 is 0. The Morgan fingerprint density at radius 3 is 1.41 bits per heavy atom. The Hall–Kier alpha value is -1.97. The van der Waals surface area contributed by atoms with Gasteiger partial charge in [-0.1, -0.05) is 48.5 Å². The summed E-state index contributed by atoms with van der Waals surface area (Å²) >= 11 is 0. The maximum absolute atomic E-state index is 12.1. The number of aryl methyl sites for hydroxylation is 2. The molecule has 0 fully saturated rings. The highest BCUT2D eigenvalue weighted by molar-refractivity contribution is 5.79. The normalized spacial score (nSPS) is 10.6. The number of carbonyl (C=O) groups excluding carboxylic acids is 1. The zero-order valence-corrected chi connectivity index (χ0v) is 12.9. The molecular formula is C19H24N2O. The fraction of sp³-hybridized carbons (Fsp3) is 0.316. The molecule has 2 aromatic carbocycles. The van der Waals surface area contributed by atoms with Crippen LogP contribution in [-0.2, 0) is 30.7 Å². The van der Waals surface area contributed by atoms with Crippen LogP contribution in [0.4, 0.5) is 0 Å². The fourth-order valence-electron chi connectivity index (χ4n) is 2.67. The van der Waals surface area contributed by atoms with Gasteiger partial charge in [-0.15, -0.1) is 0 Å². The Bertz CT molecular complexity index is 569. The number of benzene rings is 2. The van der Waals surface area contributed by atoms with Crippen molar-refractivity contribution in [1.29, 1.82) is 0 Å². The monoisotopic (exact) mass is 296 g/mol. The number of carbonyl (C=O) groups is 1. The second kappa shape index (κ2) is 8.47. The zero-order chi connectivity index (χ0) is 15.8. The first-order valence-corrected chi connectivity index (χ1v) is 7.80. The Morgan fingerprint density at radius 1 is 0.682 bits per heavy atom. The summed E-state index contributed by atoms with van der Waals surface area (Å²) in [7, 11) is 0. The molecule has 0 atom stereocenters. The SMILES string of the molecule is NCc1ccccc1CCC(=O)CCc1ccccc1CN. The lowest BCUT2D eigenvalue weighted by molar-refractivity contribution is -0.119. The van der Waals surface area contributed by atoms with Crippen LogP contribution in [0, 0.1) is 0 Å². The van der Waals surface area contributed by atoms with Crippen molar-refractivity contribution in [2.75, 3.05) is 0 Å². The molecule has 0 aromatic heterocycles. The third-order valence-corrected chi connectivity index (χ3v) is 4.02. The van der Waals surface area contributed by atoms with E-state index in [-0.39, 0.29) is 0 Å². The van der Waals surface area contributed by atoms with Crippen LogP contribution in [-0.4, -0.2) is 5.78 Å². The average Bonchev–Trinajstić information content (AvgIpc) is 2.58. The van der Waals surface area contributed by atoms with Crippen molar-refractivity contribution in [2.24, 2.45) is 11.5 Å². The van der Waals surface area contributed by atoms with Gasteiger partial charge >= 0.3 is 0 Å². The lowest BCUT2D eigenvalue weighted by Gasteiger charge is -2.08. The highest BCUT2D eigenvalue weighted by Gasteiger charge is 2.07. The first kappa shape index (κ1) is 16.4. The number of rotatable bonds is 8. The van der Waals surface area contributed by atoms with Crippen LogP contribution in [0.25, 0.3) is 0 Å². The van der Waals surface area contributed by atoms with E-state index < -0.39 is 0 Å². The molecule has 3 nitrogen and oxygen atoms in total. The molecule has 0 amide bonds. The minimum Gasteiger partial charge on any atom is -0.326 e. The Kier molecular flexibility index (Phi) is 6.31. The first-order valence-electron chi connectivity index (χ1n) is 7.80. The highest BCUT2D eigenvalue weighted by Crippen LogP contribution is 2.14. The van der Waals surface area contributed by atoms with Crippen molar-refractivity contribution in [3.63, 3.8) is 0 Å². The largest absolute Gasteiger partial charge is 0.326 e. The predicted molar refractivity (Wildman–Crippen MR) is 90.3 cm³/mol. The highest BCUT2D eigenvalue weighted by atomic mass is 16.1. The number of hydrogen-bond acceptors (Lipinski definition) is 3. The van der Waals surface area contributed by atoms with E-state index in [9.17, 15) is 4.79 Å². The van der Waals surface area contributed by atoms with Crippen LogP contribution in [0.3, 0.4) is 0 Å². The molecule has 0 bridgehead atoms. The van der Waals surface area contributed by atoms with Gasteiger partial charge in [0, 0.05) is 25.9 Å². The van der Waals surface area contributed by atoms with Gasteiger partial charge in [-0.05, 0) is 35.1 Å². The fourth-order valence-corrected chi connectivity index (χ4v) is 2.67. The van der Waals surface area contributed by atoms with Gasteiger partial charge in [0.25, 0.3) is 0 Å². The smallest absolute Gasteiger partial charge is 0.133 e. The van der Waals surface area contributed by atoms with Gasteiger partial charge in [0.05, 0.1) is 0 Å². The molecule has 22 heavy (non-hydrogen) atoms. The van der Waals surface area contributed by atoms with Crippen LogP contribution in [0.2, 0.25) is 0 Å². The van der Waals surface area contributed by atoms with Gasteiger partial charge in [-0.25, -0.2) is 0 Å². The topological polar surface area (TPSA) is 69.1 Å².